The summed E-state index contributed by atoms with van der Waals surface area (Å²) in [5.74, 6) is 0.913. The van der Waals surface area contributed by atoms with E-state index in [2.05, 4.69) is 20.2 Å². The number of aryl methyl sites for hydroxylation is 2. The predicted octanol–water partition coefficient (Wildman–Crippen LogP) is 1.96. The van der Waals surface area contributed by atoms with Gasteiger partial charge in [0, 0.05) is 26.8 Å². The SMILES string of the molecule is Cn1cc(-c2nc(C3CCCCCN3C(=O)c3cncn3C)no2)cn1. The van der Waals surface area contributed by atoms with Gasteiger partial charge in [-0.1, -0.05) is 18.0 Å². The molecule has 9 heteroatoms. The normalized spacial score (nSPS) is 18.1. The highest BCUT2D eigenvalue weighted by molar-refractivity contribution is 5.92. The number of nitrogens with zero attached hydrogens (tertiary/aromatic N) is 7. The number of carbonyl (C=O) groups is 1. The van der Waals surface area contributed by atoms with Gasteiger partial charge in [0.05, 0.1) is 30.3 Å². The fourth-order valence-electron chi connectivity index (χ4n) is 3.35. The number of imidazole rings is 1. The van der Waals surface area contributed by atoms with Gasteiger partial charge in [-0.2, -0.15) is 10.1 Å². The van der Waals surface area contributed by atoms with Gasteiger partial charge in [-0.05, 0) is 12.8 Å². The molecule has 0 bridgehead atoms. The van der Waals surface area contributed by atoms with Crippen molar-refractivity contribution in [2.24, 2.45) is 14.1 Å². The highest BCUT2D eigenvalue weighted by Gasteiger charge is 2.32. The standard InChI is InChI=1S/C17H21N7O2/c1-22-11-18-9-14(22)17(25)24-7-5-3-4-6-13(24)15-20-16(26-21-15)12-8-19-23(2)10-12/h8-11,13H,3-7H2,1-2H3. The maximum absolute atomic E-state index is 13.1. The Hall–Kier alpha value is -2.97. The Morgan fingerprint density at radius 2 is 2.12 bits per heavy atom. The molecule has 1 aliphatic heterocycles. The summed E-state index contributed by atoms with van der Waals surface area (Å²) in [6.45, 7) is 0.672. The number of likely N-dealkylation sites (tertiary alicyclic amines) is 1. The predicted molar refractivity (Wildman–Crippen MR) is 92.0 cm³/mol. The van der Waals surface area contributed by atoms with Crippen molar-refractivity contribution in [3.8, 4) is 11.5 Å². The zero-order valence-corrected chi connectivity index (χ0v) is 14.9. The van der Waals surface area contributed by atoms with Crippen molar-refractivity contribution in [1.29, 1.82) is 0 Å². The Bertz CT molecular complexity index is 910. The molecule has 1 saturated heterocycles. The Kier molecular flexibility index (Phi) is 4.27. The van der Waals surface area contributed by atoms with Gasteiger partial charge >= 0.3 is 0 Å². The van der Waals surface area contributed by atoms with E-state index in [4.69, 9.17) is 4.52 Å². The van der Waals surface area contributed by atoms with Gasteiger partial charge in [0.25, 0.3) is 11.8 Å². The molecular weight excluding hydrogens is 334 g/mol. The lowest BCUT2D eigenvalue weighted by atomic mass is 10.1. The molecule has 0 aliphatic carbocycles. The summed E-state index contributed by atoms with van der Waals surface area (Å²) < 4.78 is 8.85. The minimum atomic E-state index is -0.200. The summed E-state index contributed by atoms with van der Waals surface area (Å²) in [5, 5.41) is 8.30. The largest absolute Gasteiger partial charge is 0.334 e. The molecular formula is C17H21N7O2. The van der Waals surface area contributed by atoms with Gasteiger partial charge in [-0.15, -0.1) is 0 Å². The zero-order valence-electron chi connectivity index (χ0n) is 14.9. The third-order valence-corrected chi connectivity index (χ3v) is 4.74. The molecule has 1 fully saturated rings. The molecule has 0 saturated carbocycles. The molecule has 1 unspecified atom stereocenters. The molecule has 1 atom stereocenters. The number of hydrogen-bond acceptors (Lipinski definition) is 6. The Labute approximate surface area is 150 Å². The smallest absolute Gasteiger partial charge is 0.272 e. The van der Waals surface area contributed by atoms with Crippen LogP contribution in [0.4, 0.5) is 0 Å². The van der Waals surface area contributed by atoms with Crippen molar-refractivity contribution in [3.05, 3.63) is 36.4 Å². The van der Waals surface area contributed by atoms with E-state index in [9.17, 15) is 4.79 Å². The van der Waals surface area contributed by atoms with E-state index < -0.39 is 0 Å². The summed E-state index contributed by atoms with van der Waals surface area (Å²) in [4.78, 5) is 23.5. The van der Waals surface area contributed by atoms with Gasteiger partial charge in [-0.25, -0.2) is 4.98 Å². The highest BCUT2D eigenvalue weighted by atomic mass is 16.5. The minimum Gasteiger partial charge on any atom is -0.334 e. The van der Waals surface area contributed by atoms with Gasteiger partial charge in [0.2, 0.25) is 0 Å². The van der Waals surface area contributed by atoms with Crippen molar-refractivity contribution in [2.45, 2.75) is 31.7 Å². The van der Waals surface area contributed by atoms with Crippen molar-refractivity contribution in [2.75, 3.05) is 6.54 Å². The van der Waals surface area contributed by atoms with Crippen LogP contribution in [0.15, 0.2) is 29.4 Å². The maximum Gasteiger partial charge on any atom is 0.272 e. The van der Waals surface area contributed by atoms with Crippen LogP contribution in [0.2, 0.25) is 0 Å². The molecule has 1 aliphatic rings. The number of carbonyl (C=O) groups excluding carboxylic acids is 1. The first kappa shape index (κ1) is 16.5. The van der Waals surface area contributed by atoms with Crippen LogP contribution in [0, 0.1) is 0 Å². The second-order valence-electron chi connectivity index (χ2n) is 6.61. The second-order valence-corrected chi connectivity index (χ2v) is 6.61. The van der Waals surface area contributed by atoms with E-state index in [-0.39, 0.29) is 11.9 Å². The van der Waals surface area contributed by atoms with Crippen molar-refractivity contribution in [3.63, 3.8) is 0 Å². The van der Waals surface area contributed by atoms with Crippen LogP contribution in [-0.4, -0.2) is 46.8 Å². The first-order valence-electron chi connectivity index (χ1n) is 8.73. The lowest BCUT2D eigenvalue weighted by molar-refractivity contribution is 0.0660. The summed E-state index contributed by atoms with van der Waals surface area (Å²) in [7, 11) is 3.66. The van der Waals surface area contributed by atoms with Crippen molar-refractivity contribution < 1.29 is 9.32 Å². The van der Waals surface area contributed by atoms with Crippen LogP contribution in [0.1, 0.15) is 48.0 Å². The Morgan fingerprint density at radius 1 is 1.23 bits per heavy atom. The lowest BCUT2D eigenvalue weighted by Crippen LogP contribution is -2.36. The molecule has 0 aromatic carbocycles. The second kappa shape index (κ2) is 6.74. The zero-order chi connectivity index (χ0) is 18.1. The van der Waals surface area contributed by atoms with Crippen molar-refractivity contribution >= 4 is 5.91 Å². The molecule has 4 heterocycles. The van der Waals surface area contributed by atoms with E-state index >= 15 is 0 Å². The number of hydrogen-bond donors (Lipinski definition) is 0. The molecule has 0 radical (unpaired) electrons. The van der Waals surface area contributed by atoms with Gasteiger partial charge in [0.15, 0.2) is 5.82 Å². The summed E-state index contributed by atoms with van der Waals surface area (Å²) in [6.07, 6.45) is 10.6. The maximum atomic E-state index is 13.1. The van der Waals surface area contributed by atoms with Gasteiger partial charge in [0.1, 0.15) is 5.69 Å². The van der Waals surface area contributed by atoms with E-state index in [0.717, 1.165) is 31.2 Å². The van der Waals surface area contributed by atoms with Crippen LogP contribution < -0.4 is 0 Å². The summed E-state index contributed by atoms with van der Waals surface area (Å²) in [5.41, 5.74) is 1.33. The van der Waals surface area contributed by atoms with Crippen LogP contribution >= 0.6 is 0 Å². The molecule has 0 spiro atoms. The number of aromatic nitrogens is 6. The molecule has 3 aromatic heterocycles. The van der Waals surface area contributed by atoms with E-state index in [1.807, 2.05) is 25.2 Å². The van der Waals surface area contributed by atoms with Crippen LogP contribution in [0.25, 0.3) is 11.5 Å². The number of rotatable bonds is 3. The summed E-state index contributed by atoms with van der Waals surface area (Å²) in [6, 6.07) is -0.200. The first-order chi connectivity index (χ1) is 12.6. The van der Waals surface area contributed by atoms with Crippen LogP contribution in [0.3, 0.4) is 0 Å². The number of amides is 1. The molecule has 0 N–H and O–H groups in total. The van der Waals surface area contributed by atoms with Gasteiger partial charge in [-0.3, -0.25) is 9.48 Å². The topological polar surface area (TPSA) is 94.9 Å². The minimum absolute atomic E-state index is 0.0513. The fourth-order valence-corrected chi connectivity index (χ4v) is 3.35. The third-order valence-electron chi connectivity index (χ3n) is 4.74. The highest BCUT2D eigenvalue weighted by Crippen LogP contribution is 2.31. The summed E-state index contributed by atoms with van der Waals surface area (Å²) >= 11 is 0. The van der Waals surface area contributed by atoms with Crippen LogP contribution in [-0.2, 0) is 14.1 Å². The monoisotopic (exact) mass is 355 g/mol. The Morgan fingerprint density at radius 3 is 2.85 bits per heavy atom. The molecule has 26 heavy (non-hydrogen) atoms. The third kappa shape index (κ3) is 3.00. The van der Waals surface area contributed by atoms with Gasteiger partial charge < -0.3 is 14.0 Å². The quantitative estimate of drug-likeness (QED) is 0.713. The molecule has 136 valence electrons. The molecule has 9 nitrogen and oxygen atoms in total. The van der Waals surface area contributed by atoms with E-state index in [1.54, 1.807) is 28.0 Å². The first-order valence-corrected chi connectivity index (χ1v) is 8.73. The lowest BCUT2D eigenvalue weighted by Gasteiger charge is -2.27. The fraction of sp³-hybridized carbons (Fsp3) is 0.471. The average molecular weight is 355 g/mol. The van der Waals surface area contributed by atoms with Crippen molar-refractivity contribution in [1.82, 2.24) is 34.4 Å². The molecule has 3 aromatic rings. The van der Waals surface area contributed by atoms with E-state index in [0.29, 0.717) is 24.0 Å². The van der Waals surface area contributed by atoms with E-state index in [1.165, 1.54) is 0 Å². The average Bonchev–Trinajstić information content (AvgIpc) is 3.33. The molecule has 4 rings (SSSR count). The van der Waals surface area contributed by atoms with Crippen LogP contribution in [0.5, 0.6) is 0 Å². The Balaban J connectivity index is 1.65. The molecule has 1 amide bonds.